The molecule has 0 rings (SSSR count). The van der Waals surface area contributed by atoms with Gasteiger partial charge in [0.1, 0.15) is 0 Å². The van der Waals surface area contributed by atoms with Crippen molar-refractivity contribution in [1.29, 1.82) is 0 Å². The Labute approximate surface area is 87.6 Å². The van der Waals surface area contributed by atoms with Crippen LogP contribution in [0.3, 0.4) is 0 Å². The first-order valence-corrected chi connectivity index (χ1v) is 5.47. The van der Waals surface area contributed by atoms with Crippen LogP contribution in [0.15, 0.2) is 0 Å². The van der Waals surface area contributed by atoms with Gasteiger partial charge in [-0.3, -0.25) is 4.79 Å². The van der Waals surface area contributed by atoms with Crippen LogP contribution in [0.25, 0.3) is 0 Å². The average Bonchev–Trinajstić information content (AvgIpc) is 2.23. The molecule has 0 saturated heterocycles. The molecule has 3 heteroatoms. The molecule has 0 bridgehead atoms. The molecule has 0 saturated carbocycles. The highest BCUT2D eigenvalue weighted by Gasteiger charge is 2.31. The van der Waals surface area contributed by atoms with Crippen LogP contribution in [0.1, 0.15) is 40.0 Å². The van der Waals surface area contributed by atoms with Crippen LogP contribution in [0, 0.1) is 5.41 Å². The van der Waals surface area contributed by atoms with E-state index in [0.717, 1.165) is 25.8 Å². The number of carbonyl (C=O) groups excluding carboxylic acids is 1. The summed E-state index contributed by atoms with van der Waals surface area (Å²) in [5.41, 5.74) is 5.26. The predicted octanol–water partition coefficient (Wildman–Crippen LogP) is 1.62. The number of rotatable bonds is 6. The molecule has 0 spiro atoms. The lowest BCUT2D eigenvalue weighted by Crippen LogP contribution is -2.44. The van der Waals surface area contributed by atoms with E-state index in [1.54, 1.807) is 4.90 Å². The van der Waals surface area contributed by atoms with Crippen molar-refractivity contribution >= 4 is 5.91 Å². The summed E-state index contributed by atoms with van der Waals surface area (Å²) in [6, 6.07) is 0. The summed E-state index contributed by atoms with van der Waals surface area (Å²) >= 11 is 0. The third-order valence-electron chi connectivity index (χ3n) is 2.94. The van der Waals surface area contributed by atoms with E-state index in [2.05, 4.69) is 6.92 Å². The lowest BCUT2D eigenvalue weighted by atomic mass is 9.86. The molecule has 0 fully saturated rings. The Morgan fingerprint density at radius 2 is 2.00 bits per heavy atom. The topological polar surface area (TPSA) is 46.3 Å². The van der Waals surface area contributed by atoms with Crippen LogP contribution in [0.4, 0.5) is 0 Å². The number of nitrogens with two attached hydrogens (primary N) is 1. The molecular formula is C11H24N2O. The summed E-state index contributed by atoms with van der Waals surface area (Å²) < 4.78 is 0. The van der Waals surface area contributed by atoms with Gasteiger partial charge in [-0.25, -0.2) is 0 Å². The van der Waals surface area contributed by atoms with E-state index in [9.17, 15) is 4.79 Å². The van der Waals surface area contributed by atoms with E-state index in [1.807, 2.05) is 20.9 Å². The second-order valence-corrected chi connectivity index (χ2v) is 4.20. The fraction of sp³-hybridized carbons (Fsp3) is 0.909. The number of hydrogen-bond donors (Lipinski definition) is 1. The number of unbranched alkanes of at least 4 members (excludes halogenated alkanes) is 1. The molecule has 1 amide bonds. The fourth-order valence-corrected chi connectivity index (χ4v) is 1.34. The van der Waals surface area contributed by atoms with Gasteiger partial charge in [0.2, 0.25) is 5.91 Å². The van der Waals surface area contributed by atoms with Crippen LogP contribution < -0.4 is 5.73 Å². The molecule has 0 aliphatic carbocycles. The van der Waals surface area contributed by atoms with Crippen molar-refractivity contribution in [2.75, 3.05) is 20.1 Å². The second-order valence-electron chi connectivity index (χ2n) is 4.20. The predicted molar refractivity (Wildman–Crippen MR) is 60.0 cm³/mol. The molecule has 0 radical (unpaired) electrons. The highest BCUT2D eigenvalue weighted by molar-refractivity contribution is 5.82. The van der Waals surface area contributed by atoms with Crippen molar-refractivity contribution in [1.82, 2.24) is 4.90 Å². The molecular weight excluding hydrogens is 176 g/mol. The summed E-state index contributed by atoms with van der Waals surface area (Å²) in [5, 5.41) is 0. The summed E-state index contributed by atoms with van der Waals surface area (Å²) in [4.78, 5) is 13.8. The zero-order valence-electron chi connectivity index (χ0n) is 9.97. The smallest absolute Gasteiger partial charge is 0.229 e. The van der Waals surface area contributed by atoms with Crippen LogP contribution >= 0.6 is 0 Å². The Morgan fingerprint density at radius 1 is 1.43 bits per heavy atom. The van der Waals surface area contributed by atoms with Crippen LogP contribution in [-0.2, 0) is 4.79 Å². The van der Waals surface area contributed by atoms with Crippen molar-refractivity contribution in [3.05, 3.63) is 0 Å². The molecule has 1 atom stereocenters. The molecule has 3 nitrogen and oxygen atoms in total. The molecule has 0 aliphatic heterocycles. The van der Waals surface area contributed by atoms with Crippen LogP contribution in [0.5, 0.6) is 0 Å². The van der Waals surface area contributed by atoms with Gasteiger partial charge in [-0.1, -0.05) is 20.3 Å². The number of amides is 1. The summed E-state index contributed by atoms with van der Waals surface area (Å²) in [6.07, 6.45) is 2.98. The SMILES string of the molecule is CCCCN(C)C(=O)C(C)(CC)CN. The Kier molecular flexibility index (Phi) is 5.77. The molecule has 1 unspecified atom stereocenters. The second kappa shape index (κ2) is 6.02. The Balaban J connectivity index is 4.28. The fourth-order valence-electron chi connectivity index (χ4n) is 1.34. The van der Waals surface area contributed by atoms with Crippen LogP contribution in [-0.4, -0.2) is 30.9 Å². The van der Waals surface area contributed by atoms with Crippen molar-refractivity contribution in [3.63, 3.8) is 0 Å². The Morgan fingerprint density at radius 3 is 2.36 bits per heavy atom. The minimum atomic E-state index is -0.373. The highest BCUT2D eigenvalue weighted by Crippen LogP contribution is 2.22. The van der Waals surface area contributed by atoms with Gasteiger partial charge in [-0.05, 0) is 19.8 Å². The molecule has 0 aromatic heterocycles. The molecule has 0 aliphatic rings. The largest absolute Gasteiger partial charge is 0.345 e. The summed E-state index contributed by atoms with van der Waals surface area (Å²) in [6.45, 7) is 7.35. The van der Waals surface area contributed by atoms with Gasteiger partial charge in [-0.15, -0.1) is 0 Å². The Hall–Kier alpha value is -0.570. The first kappa shape index (κ1) is 13.4. The maximum absolute atomic E-state index is 12.0. The molecule has 84 valence electrons. The lowest BCUT2D eigenvalue weighted by molar-refractivity contribution is -0.139. The van der Waals surface area contributed by atoms with Crippen molar-refractivity contribution in [3.8, 4) is 0 Å². The first-order valence-electron chi connectivity index (χ1n) is 5.47. The maximum atomic E-state index is 12.0. The molecule has 0 heterocycles. The summed E-state index contributed by atoms with van der Waals surface area (Å²) in [5.74, 6) is 0.177. The Bertz CT molecular complexity index is 176. The maximum Gasteiger partial charge on any atom is 0.229 e. The number of nitrogens with zero attached hydrogens (tertiary/aromatic N) is 1. The van der Waals surface area contributed by atoms with Gasteiger partial charge in [0.15, 0.2) is 0 Å². The van der Waals surface area contributed by atoms with Crippen molar-refractivity contribution in [2.45, 2.75) is 40.0 Å². The van der Waals surface area contributed by atoms with Gasteiger partial charge in [0.05, 0.1) is 5.41 Å². The zero-order valence-corrected chi connectivity index (χ0v) is 9.97. The number of carbonyl (C=O) groups is 1. The zero-order chi connectivity index (χ0) is 11.2. The third-order valence-corrected chi connectivity index (χ3v) is 2.94. The summed E-state index contributed by atoms with van der Waals surface area (Å²) in [7, 11) is 1.86. The van der Waals surface area contributed by atoms with Gasteiger partial charge < -0.3 is 10.6 Å². The average molecular weight is 200 g/mol. The molecule has 2 N–H and O–H groups in total. The first-order chi connectivity index (χ1) is 6.51. The minimum Gasteiger partial charge on any atom is -0.345 e. The third kappa shape index (κ3) is 3.29. The van der Waals surface area contributed by atoms with E-state index < -0.39 is 0 Å². The molecule has 0 aromatic rings. The van der Waals surface area contributed by atoms with Crippen LogP contribution in [0.2, 0.25) is 0 Å². The van der Waals surface area contributed by atoms with Gasteiger partial charge in [0, 0.05) is 20.1 Å². The molecule has 0 aromatic carbocycles. The van der Waals surface area contributed by atoms with E-state index in [0.29, 0.717) is 6.54 Å². The highest BCUT2D eigenvalue weighted by atomic mass is 16.2. The quantitative estimate of drug-likeness (QED) is 0.708. The van der Waals surface area contributed by atoms with Gasteiger partial charge in [0.25, 0.3) is 0 Å². The standard InChI is InChI=1S/C11H24N2O/c1-5-7-8-13(4)10(14)11(3,6-2)9-12/h5-9,12H2,1-4H3. The molecule has 14 heavy (non-hydrogen) atoms. The normalized spacial score (nSPS) is 14.9. The lowest BCUT2D eigenvalue weighted by Gasteiger charge is -2.30. The van der Waals surface area contributed by atoms with Crippen molar-refractivity contribution in [2.24, 2.45) is 11.1 Å². The van der Waals surface area contributed by atoms with Crippen molar-refractivity contribution < 1.29 is 4.79 Å². The van der Waals surface area contributed by atoms with E-state index in [4.69, 9.17) is 5.73 Å². The van der Waals surface area contributed by atoms with Gasteiger partial charge >= 0.3 is 0 Å². The van der Waals surface area contributed by atoms with E-state index in [-0.39, 0.29) is 11.3 Å². The van der Waals surface area contributed by atoms with E-state index >= 15 is 0 Å². The number of hydrogen-bond acceptors (Lipinski definition) is 2. The minimum absolute atomic E-state index is 0.177. The monoisotopic (exact) mass is 200 g/mol. The van der Waals surface area contributed by atoms with Gasteiger partial charge in [-0.2, -0.15) is 0 Å². The van der Waals surface area contributed by atoms with E-state index in [1.165, 1.54) is 0 Å².